The second-order valence-corrected chi connectivity index (χ2v) is 9.14. The molecule has 4 fully saturated rings. The molecule has 0 N–H and O–H groups in total. The van der Waals surface area contributed by atoms with E-state index in [2.05, 4.69) is 28.0 Å². The van der Waals surface area contributed by atoms with E-state index in [1.54, 1.807) is 12.7 Å². The molecule has 0 unspecified atom stereocenters. The first-order valence-corrected chi connectivity index (χ1v) is 10.3. The van der Waals surface area contributed by atoms with Crippen molar-refractivity contribution in [1.82, 2.24) is 4.90 Å². The standard InChI is InChI=1S/C22H24N2O3/c1-26-13-2-3-16-15(8-13)22-5-6-23-11-12-4-7-27-17-10-19(25)24(16)21(22)20(17)14(12)9-18(22)23/h2-4,8,14,17-18,20-21H,5-7,9-11H2,1H3/t14-,17+,18-,20+,21+,22-/m0/s1. The summed E-state index contributed by atoms with van der Waals surface area (Å²) >= 11 is 0. The summed E-state index contributed by atoms with van der Waals surface area (Å²) < 4.78 is 11.9. The molecule has 1 amide bonds. The molecule has 1 aromatic carbocycles. The quantitative estimate of drug-likeness (QED) is 0.716. The van der Waals surface area contributed by atoms with Crippen LogP contribution in [0.25, 0.3) is 0 Å². The van der Waals surface area contributed by atoms with Gasteiger partial charge < -0.3 is 14.4 Å². The zero-order valence-corrected chi connectivity index (χ0v) is 15.6. The second-order valence-electron chi connectivity index (χ2n) is 9.14. The Labute approximate surface area is 158 Å². The van der Waals surface area contributed by atoms with Gasteiger partial charge in [0.25, 0.3) is 0 Å². The van der Waals surface area contributed by atoms with Crippen molar-refractivity contribution in [2.75, 3.05) is 31.7 Å². The Bertz CT molecular complexity index is 911. The molecule has 140 valence electrons. The van der Waals surface area contributed by atoms with E-state index in [0.29, 0.717) is 30.9 Å². The van der Waals surface area contributed by atoms with E-state index < -0.39 is 0 Å². The van der Waals surface area contributed by atoms with Crippen molar-refractivity contribution in [3.05, 3.63) is 35.4 Å². The van der Waals surface area contributed by atoms with Gasteiger partial charge in [-0.1, -0.05) is 11.6 Å². The maximum absolute atomic E-state index is 13.3. The minimum Gasteiger partial charge on any atom is -0.497 e. The van der Waals surface area contributed by atoms with Gasteiger partial charge in [0.05, 0.1) is 32.3 Å². The molecule has 6 aliphatic rings. The number of carbonyl (C=O) groups is 1. The fraction of sp³-hybridized carbons (Fsp3) is 0.591. The van der Waals surface area contributed by atoms with Crippen molar-refractivity contribution in [3.63, 3.8) is 0 Å². The van der Waals surface area contributed by atoms with Crippen LogP contribution in [0.5, 0.6) is 5.75 Å². The Morgan fingerprint density at radius 3 is 3.15 bits per heavy atom. The number of piperidine rings is 2. The largest absolute Gasteiger partial charge is 0.497 e. The third kappa shape index (κ3) is 1.56. The van der Waals surface area contributed by atoms with Gasteiger partial charge in [-0.3, -0.25) is 9.69 Å². The van der Waals surface area contributed by atoms with E-state index in [1.807, 2.05) is 6.07 Å². The molecule has 1 saturated carbocycles. The first-order chi connectivity index (χ1) is 13.2. The highest BCUT2D eigenvalue weighted by molar-refractivity contribution is 5.99. The molecule has 0 aromatic heterocycles. The van der Waals surface area contributed by atoms with Crippen LogP contribution in [0, 0.1) is 11.8 Å². The van der Waals surface area contributed by atoms with Crippen LogP contribution >= 0.6 is 0 Å². The molecule has 5 heteroatoms. The zero-order chi connectivity index (χ0) is 17.9. The number of amides is 1. The average Bonchev–Trinajstić information content (AvgIpc) is 3.15. The third-order valence-electron chi connectivity index (χ3n) is 8.52. The molecular formula is C22H24N2O3. The molecule has 5 heterocycles. The van der Waals surface area contributed by atoms with E-state index in [4.69, 9.17) is 9.47 Å². The van der Waals surface area contributed by atoms with Crippen LogP contribution in [-0.2, 0) is 14.9 Å². The maximum atomic E-state index is 13.3. The molecule has 7 rings (SSSR count). The van der Waals surface area contributed by atoms with Crippen molar-refractivity contribution in [2.45, 2.75) is 42.9 Å². The molecule has 1 aliphatic carbocycles. The molecule has 3 saturated heterocycles. The fourth-order valence-corrected chi connectivity index (χ4v) is 7.66. The van der Waals surface area contributed by atoms with Gasteiger partial charge in [0, 0.05) is 29.6 Å². The van der Waals surface area contributed by atoms with E-state index in [0.717, 1.165) is 30.9 Å². The van der Waals surface area contributed by atoms with Gasteiger partial charge in [-0.25, -0.2) is 0 Å². The predicted molar refractivity (Wildman–Crippen MR) is 100.0 cm³/mol. The van der Waals surface area contributed by atoms with Crippen LogP contribution in [-0.4, -0.2) is 55.8 Å². The van der Waals surface area contributed by atoms with Crippen LogP contribution in [0.1, 0.15) is 24.8 Å². The van der Waals surface area contributed by atoms with Crippen molar-refractivity contribution in [3.8, 4) is 5.75 Å². The first kappa shape index (κ1) is 15.1. The number of carbonyl (C=O) groups excluding carboxylic acids is 1. The number of benzene rings is 1. The smallest absolute Gasteiger partial charge is 0.229 e. The lowest BCUT2D eigenvalue weighted by Gasteiger charge is -2.58. The number of nitrogens with zero attached hydrogens (tertiary/aromatic N) is 2. The number of ether oxygens (including phenoxy) is 2. The monoisotopic (exact) mass is 364 g/mol. The molecule has 1 spiro atoms. The third-order valence-corrected chi connectivity index (χ3v) is 8.52. The number of fused-ring (bicyclic) bond motifs is 2. The lowest BCUT2D eigenvalue weighted by Crippen LogP contribution is -2.69. The average molecular weight is 364 g/mol. The van der Waals surface area contributed by atoms with Gasteiger partial charge in [0.1, 0.15) is 5.75 Å². The fourth-order valence-electron chi connectivity index (χ4n) is 7.66. The summed E-state index contributed by atoms with van der Waals surface area (Å²) in [5.41, 5.74) is 4.09. The first-order valence-electron chi connectivity index (χ1n) is 10.3. The Balaban J connectivity index is 1.53. The summed E-state index contributed by atoms with van der Waals surface area (Å²) in [5.74, 6) is 2.14. The molecular weight excluding hydrogens is 340 g/mol. The summed E-state index contributed by atoms with van der Waals surface area (Å²) in [6.45, 7) is 2.88. The molecule has 5 aliphatic heterocycles. The number of hydrogen-bond acceptors (Lipinski definition) is 4. The van der Waals surface area contributed by atoms with Gasteiger partial charge in [-0.05, 0) is 49.1 Å². The molecule has 27 heavy (non-hydrogen) atoms. The minimum atomic E-state index is 0.0403. The maximum Gasteiger partial charge on any atom is 0.229 e. The number of rotatable bonds is 1. The van der Waals surface area contributed by atoms with Crippen LogP contribution in [0.2, 0.25) is 0 Å². The number of hydrogen-bond donors (Lipinski definition) is 0. The summed E-state index contributed by atoms with van der Waals surface area (Å²) in [6.07, 6.45) is 5.26. The van der Waals surface area contributed by atoms with Gasteiger partial charge in [-0.2, -0.15) is 0 Å². The lowest BCUT2D eigenvalue weighted by molar-refractivity contribution is -0.132. The van der Waals surface area contributed by atoms with Gasteiger partial charge in [0.15, 0.2) is 0 Å². The molecule has 6 atom stereocenters. The highest BCUT2D eigenvalue weighted by Gasteiger charge is 2.71. The molecule has 5 nitrogen and oxygen atoms in total. The summed E-state index contributed by atoms with van der Waals surface area (Å²) in [7, 11) is 1.73. The summed E-state index contributed by atoms with van der Waals surface area (Å²) in [6, 6.07) is 7.13. The predicted octanol–water partition coefficient (Wildman–Crippen LogP) is 2.10. The lowest BCUT2D eigenvalue weighted by atomic mass is 9.53. The van der Waals surface area contributed by atoms with Crippen molar-refractivity contribution < 1.29 is 14.3 Å². The molecule has 0 radical (unpaired) electrons. The second kappa shape index (κ2) is 4.76. The highest BCUT2D eigenvalue weighted by atomic mass is 16.5. The van der Waals surface area contributed by atoms with Gasteiger partial charge in [0.2, 0.25) is 5.91 Å². The van der Waals surface area contributed by atoms with Crippen molar-refractivity contribution >= 4 is 11.6 Å². The number of methoxy groups -OCH3 is 1. The Morgan fingerprint density at radius 2 is 2.26 bits per heavy atom. The molecule has 2 bridgehead atoms. The van der Waals surface area contributed by atoms with E-state index >= 15 is 0 Å². The normalized spacial score (nSPS) is 43.3. The topological polar surface area (TPSA) is 42.0 Å². The SMILES string of the molecule is COc1ccc2c(c1)[C@]13CCN4CC5=CCO[C@@H]6CC(=O)N2[C@@H]1[C@@H]6[C@H]5C[C@H]43. The zero-order valence-electron chi connectivity index (χ0n) is 15.6. The summed E-state index contributed by atoms with van der Waals surface area (Å²) in [5, 5.41) is 0. The summed E-state index contributed by atoms with van der Waals surface area (Å²) in [4.78, 5) is 18.2. The van der Waals surface area contributed by atoms with Crippen LogP contribution in [0.4, 0.5) is 5.69 Å². The number of anilines is 1. The van der Waals surface area contributed by atoms with E-state index in [-0.39, 0.29) is 23.5 Å². The van der Waals surface area contributed by atoms with E-state index in [1.165, 1.54) is 12.0 Å². The van der Waals surface area contributed by atoms with Crippen molar-refractivity contribution in [2.24, 2.45) is 11.8 Å². The highest BCUT2D eigenvalue weighted by Crippen LogP contribution is 2.65. The van der Waals surface area contributed by atoms with Crippen LogP contribution < -0.4 is 9.64 Å². The molecule has 1 aromatic rings. The Morgan fingerprint density at radius 1 is 1.33 bits per heavy atom. The van der Waals surface area contributed by atoms with Crippen LogP contribution in [0.15, 0.2) is 29.8 Å². The van der Waals surface area contributed by atoms with E-state index in [9.17, 15) is 4.79 Å². The van der Waals surface area contributed by atoms with Gasteiger partial charge in [-0.15, -0.1) is 0 Å². The Kier molecular flexibility index (Phi) is 2.66. The Hall–Kier alpha value is -1.85. The van der Waals surface area contributed by atoms with Gasteiger partial charge >= 0.3 is 0 Å². The minimum absolute atomic E-state index is 0.0403. The van der Waals surface area contributed by atoms with Crippen molar-refractivity contribution in [1.29, 1.82) is 0 Å². The van der Waals surface area contributed by atoms with Crippen LogP contribution in [0.3, 0.4) is 0 Å².